The normalized spacial score (nSPS) is 29.2. The van der Waals surface area contributed by atoms with E-state index in [9.17, 15) is 9.18 Å². The number of carbonyl (C=O) groups excluding carboxylic acids is 1. The minimum Gasteiger partial charge on any atom is -0.378 e. The van der Waals surface area contributed by atoms with Gasteiger partial charge in [0.25, 0.3) is 0 Å². The van der Waals surface area contributed by atoms with Gasteiger partial charge in [-0.05, 0) is 50.0 Å². The molecule has 3 heterocycles. The predicted molar refractivity (Wildman–Crippen MR) is 71.5 cm³/mol. The van der Waals surface area contributed by atoms with Crippen molar-refractivity contribution in [2.45, 2.75) is 18.9 Å². The van der Waals surface area contributed by atoms with Crippen LogP contribution in [0.3, 0.4) is 0 Å². The lowest BCUT2D eigenvalue weighted by Gasteiger charge is -2.45. The number of halogens is 1. The number of rotatable bonds is 3. The van der Waals surface area contributed by atoms with E-state index in [1.165, 1.54) is 18.2 Å². The Balaban J connectivity index is 1.79. The summed E-state index contributed by atoms with van der Waals surface area (Å²) in [7, 11) is 0. The van der Waals surface area contributed by atoms with Gasteiger partial charge < -0.3 is 16.0 Å². The van der Waals surface area contributed by atoms with Crippen LogP contribution in [0.1, 0.15) is 23.2 Å². The van der Waals surface area contributed by atoms with Crippen LogP contribution in [0.4, 0.5) is 10.1 Å². The molecule has 1 unspecified atom stereocenters. The van der Waals surface area contributed by atoms with Crippen molar-refractivity contribution in [1.82, 2.24) is 4.90 Å². The van der Waals surface area contributed by atoms with Crippen LogP contribution in [0.5, 0.6) is 0 Å². The molecule has 3 aliphatic rings. The summed E-state index contributed by atoms with van der Waals surface area (Å²) in [5.41, 5.74) is 5.95. The van der Waals surface area contributed by atoms with Gasteiger partial charge in [0.1, 0.15) is 5.82 Å². The van der Waals surface area contributed by atoms with Gasteiger partial charge in [-0.1, -0.05) is 0 Å². The first kappa shape index (κ1) is 12.4. The van der Waals surface area contributed by atoms with Crippen molar-refractivity contribution in [2.75, 3.05) is 25.0 Å². The average molecular weight is 263 g/mol. The maximum Gasteiger partial charge on any atom is 0.248 e. The molecule has 3 fully saturated rings. The second kappa shape index (κ2) is 4.81. The van der Waals surface area contributed by atoms with Crippen molar-refractivity contribution in [3.8, 4) is 0 Å². The number of amides is 1. The molecule has 1 amide bonds. The smallest absolute Gasteiger partial charge is 0.248 e. The zero-order valence-electron chi connectivity index (χ0n) is 10.7. The van der Waals surface area contributed by atoms with Crippen molar-refractivity contribution >= 4 is 11.6 Å². The standard InChI is InChI=1S/C14H18FN3O/c15-11-2-1-10(14(16)19)7-12(11)17-13-8-18-5-3-9(13)4-6-18/h1-2,7,9,13,17H,3-6,8H2,(H2,16,19). The van der Waals surface area contributed by atoms with Crippen molar-refractivity contribution in [3.63, 3.8) is 0 Å². The lowest BCUT2D eigenvalue weighted by molar-refractivity contribution is 0.0973. The number of primary amides is 1. The third kappa shape index (κ3) is 2.42. The Morgan fingerprint density at radius 2 is 2.11 bits per heavy atom. The zero-order valence-corrected chi connectivity index (χ0v) is 10.7. The molecule has 3 N–H and O–H groups in total. The van der Waals surface area contributed by atoms with Crippen LogP contribution < -0.4 is 11.1 Å². The highest BCUT2D eigenvalue weighted by atomic mass is 19.1. The number of fused-ring (bicyclic) bond motifs is 3. The topological polar surface area (TPSA) is 58.4 Å². The van der Waals surface area contributed by atoms with Crippen LogP contribution in [-0.4, -0.2) is 36.5 Å². The Morgan fingerprint density at radius 3 is 2.68 bits per heavy atom. The van der Waals surface area contributed by atoms with Crippen molar-refractivity contribution in [2.24, 2.45) is 11.7 Å². The van der Waals surface area contributed by atoms with Crippen LogP contribution in [0.15, 0.2) is 18.2 Å². The largest absolute Gasteiger partial charge is 0.378 e. The molecular formula is C14H18FN3O. The van der Waals surface area contributed by atoms with E-state index in [0.29, 0.717) is 17.2 Å². The van der Waals surface area contributed by atoms with Gasteiger partial charge in [-0.2, -0.15) is 0 Å². The Morgan fingerprint density at radius 1 is 1.37 bits per heavy atom. The number of nitrogens with zero attached hydrogens (tertiary/aromatic N) is 1. The van der Waals surface area contributed by atoms with Gasteiger partial charge in [-0.15, -0.1) is 0 Å². The van der Waals surface area contributed by atoms with Crippen LogP contribution in [0.25, 0.3) is 0 Å². The van der Waals surface area contributed by atoms with Crippen molar-refractivity contribution in [3.05, 3.63) is 29.6 Å². The molecule has 4 nitrogen and oxygen atoms in total. The Labute approximate surface area is 111 Å². The van der Waals surface area contributed by atoms with E-state index in [4.69, 9.17) is 5.73 Å². The maximum absolute atomic E-state index is 13.8. The Hall–Kier alpha value is -1.62. The number of anilines is 1. The van der Waals surface area contributed by atoms with Crippen LogP contribution in [0, 0.1) is 11.7 Å². The van der Waals surface area contributed by atoms with E-state index in [2.05, 4.69) is 10.2 Å². The van der Waals surface area contributed by atoms with Crippen LogP contribution >= 0.6 is 0 Å². The molecule has 5 heteroatoms. The van der Waals surface area contributed by atoms with E-state index >= 15 is 0 Å². The summed E-state index contributed by atoms with van der Waals surface area (Å²) in [6.45, 7) is 3.24. The summed E-state index contributed by atoms with van der Waals surface area (Å²) in [4.78, 5) is 13.5. The van der Waals surface area contributed by atoms with Crippen molar-refractivity contribution in [1.29, 1.82) is 0 Å². The fourth-order valence-electron chi connectivity index (χ4n) is 3.12. The van der Waals surface area contributed by atoms with E-state index in [0.717, 1.165) is 32.5 Å². The lowest BCUT2D eigenvalue weighted by atomic mass is 9.84. The van der Waals surface area contributed by atoms with Gasteiger partial charge >= 0.3 is 0 Å². The molecule has 0 spiro atoms. The van der Waals surface area contributed by atoms with E-state index < -0.39 is 5.91 Å². The van der Waals surface area contributed by atoms with Gasteiger partial charge in [0.05, 0.1) is 5.69 Å². The fraction of sp³-hybridized carbons (Fsp3) is 0.500. The Bertz CT molecular complexity index is 497. The number of carbonyl (C=O) groups is 1. The summed E-state index contributed by atoms with van der Waals surface area (Å²) in [6.07, 6.45) is 2.32. The SMILES string of the molecule is NC(=O)c1ccc(F)c(NC2CN3CCC2CC3)c1. The second-order valence-electron chi connectivity index (χ2n) is 5.45. The molecule has 1 aromatic rings. The molecule has 1 aromatic carbocycles. The van der Waals surface area contributed by atoms with Gasteiger partial charge in [0.2, 0.25) is 5.91 Å². The molecule has 0 saturated carbocycles. The molecule has 0 radical (unpaired) electrons. The van der Waals surface area contributed by atoms with Gasteiger partial charge in [0, 0.05) is 18.2 Å². The number of hydrogen-bond acceptors (Lipinski definition) is 3. The zero-order chi connectivity index (χ0) is 13.4. The third-order valence-electron chi connectivity index (χ3n) is 4.25. The molecule has 1 atom stereocenters. The van der Waals surface area contributed by atoms with Gasteiger partial charge in [-0.25, -0.2) is 4.39 Å². The summed E-state index contributed by atoms with van der Waals surface area (Å²) in [5.74, 6) is -0.264. The first-order valence-corrected chi connectivity index (χ1v) is 6.72. The van der Waals surface area contributed by atoms with Crippen LogP contribution in [-0.2, 0) is 0 Å². The molecule has 0 aromatic heterocycles. The molecule has 3 aliphatic heterocycles. The number of piperidine rings is 3. The third-order valence-corrected chi connectivity index (χ3v) is 4.25. The van der Waals surface area contributed by atoms with E-state index in [1.54, 1.807) is 0 Å². The minimum atomic E-state index is -0.531. The molecular weight excluding hydrogens is 245 g/mol. The molecule has 102 valence electrons. The highest BCUT2D eigenvalue weighted by Crippen LogP contribution is 2.30. The second-order valence-corrected chi connectivity index (χ2v) is 5.45. The highest BCUT2D eigenvalue weighted by molar-refractivity contribution is 5.93. The summed E-state index contributed by atoms with van der Waals surface area (Å²) in [6, 6.07) is 4.48. The first-order chi connectivity index (χ1) is 9.13. The monoisotopic (exact) mass is 263 g/mol. The summed E-state index contributed by atoms with van der Waals surface area (Å²) < 4.78 is 13.8. The first-order valence-electron chi connectivity index (χ1n) is 6.72. The van der Waals surface area contributed by atoms with E-state index in [1.807, 2.05) is 0 Å². The summed E-state index contributed by atoms with van der Waals surface area (Å²) >= 11 is 0. The minimum absolute atomic E-state index is 0.264. The lowest BCUT2D eigenvalue weighted by Crippen LogP contribution is -2.53. The molecule has 0 aliphatic carbocycles. The average Bonchev–Trinajstić information content (AvgIpc) is 2.42. The van der Waals surface area contributed by atoms with Crippen molar-refractivity contribution < 1.29 is 9.18 Å². The van der Waals surface area contributed by atoms with E-state index in [-0.39, 0.29) is 11.9 Å². The molecule has 4 rings (SSSR count). The Kier molecular flexibility index (Phi) is 3.14. The number of nitrogens with one attached hydrogen (secondary N) is 1. The highest BCUT2D eigenvalue weighted by Gasteiger charge is 2.34. The predicted octanol–water partition coefficient (Wildman–Crippen LogP) is 1.43. The van der Waals surface area contributed by atoms with Crippen LogP contribution in [0.2, 0.25) is 0 Å². The fourth-order valence-corrected chi connectivity index (χ4v) is 3.12. The number of nitrogens with two attached hydrogens (primary N) is 1. The molecule has 2 bridgehead atoms. The summed E-state index contributed by atoms with van der Waals surface area (Å²) in [5, 5.41) is 3.25. The van der Waals surface area contributed by atoms with Gasteiger partial charge in [-0.3, -0.25) is 4.79 Å². The van der Waals surface area contributed by atoms with Gasteiger partial charge in [0.15, 0.2) is 0 Å². The maximum atomic E-state index is 13.8. The number of hydrogen-bond donors (Lipinski definition) is 2. The number of benzene rings is 1. The molecule has 3 saturated heterocycles. The quantitative estimate of drug-likeness (QED) is 0.867. The molecule has 19 heavy (non-hydrogen) atoms.